The maximum absolute atomic E-state index is 11.4. The van der Waals surface area contributed by atoms with Gasteiger partial charge in [0.1, 0.15) is 5.28 Å². The molecule has 1 unspecified atom stereocenters. The van der Waals surface area contributed by atoms with E-state index >= 15 is 0 Å². The summed E-state index contributed by atoms with van der Waals surface area (Å²) >= 11 is 0. The van der Waals surface area contributed by atoms with Crippen molar-refractivity contribution in [2.75, 3.05) is 26.3 Å². The van der Waals surface area contributed by atoms with Crippen molar-refractivity contribution in [2.45, 2.75) is 25.5 Å². The van der Waals surface area contributed by atoms with Crippen molar-refractivity contribution in [3.05, 3.63) is 0 Å². The van der Waals surface area contributed by atoms with Gasteiger partial charge in [-0.2, -0.15) is 0 Å². The van der Waals surface area contributed by atoms with Crippen LogP contribution in [0.3, 0.4) is 0 Å². The molecule has 1 atom stereocenters. The second-order valence-electron chi connectivity index (χ2n) is 3.71. The third kappa shape index (κ3) is 2.18. The Hall–Kier alpha value is 0.0700. The highest BCUT2D eigenvalue weighted by molar-refractivity contribution is 7.53. The van der Waals surface area contributed by atoms with E-state index in [1.807, 2.05) is 4.90 Å². The zero-order chi connectivity index (χ0) is 10.8. The summed E-state index contributed by atoms with van der Waals surface area (Å²) in [5, 5.41) is -1.03. The average molecular weight is 223 g/mol. The van der Waals surface area contributed by atoms with Crippen molar-refractivity contribution in [3.63, 3.8) is 0 Å². The van der Waals surface area contributed by atoms with E-state index in [0.29, 0.717) is 32.7 Å². The maximum atomic E-state index is 11.4. The Morgan fingerprint density at radius 1 is 1.43 bits per heavy atom. The molecule has 0 radical (unpaired) electrons. The van der Waals surface area contributed by atoms with Crippen molar-refractivity contribution in [1.29, 1.82) is 0 Å². The minimum atomic E-state index is -4.09. The Bertz CT molecular complexity index is 235. The van der Waals surface area contributed by atoms with Crippen molar-refractivity contribution in [3.8, 4) is 0 Å². The van der Waals surface area contributed by atoms with E-state index in [0.717, 1.165) is 0 Å². The third-order valence-corrected chi connectivity index (χ3v) is 4.84. The molecule has 14 heavy (non-hydrogen) atoms. The van der Waals surface area contributed by atoms with Crippen LogP contribution in [0.25, 0.3) is 0 Å². The van der Waals surface area contributed by atoms with Crippen LogP contribution >= 0.6 is 7.60 Å². The summed E-state index contributed by atoms with van der Waals surface area (Å²) in [5.41, 5.74) is 0. The molecule has 1 heterocycles. The van der Waals surface area contributed by atoms with Crippen LogP contribution in [0.2, 0.25) is 0 Å². The summed E-state index contributed by atoms with van der Waals surface area (Å²) in [5.74, 6) is 0. The molecule has 0 bridgehead atoms. The molecule has 0 spiro atoms. The second kappa shape index (κ2) is 4.29. The van der Waals surface area contributed by atoms with Gasteiger partial charge in [-0.05, 0) is 13.3 Å². The summed E-state index contributed by atoms with van der Waals surface area (Å²) in [6, 6.07) is 0. The van der Waals surface area contributed by atoms with E-state index in [1.54, 1.807) is 13.8 Å². The van der Waals surface area contributed by atoms with Crippen LogP contribution in [0.1, 0.15) is 20.3 Å². The lowest BCUT2D eigenvalue weighted by atomic mass is 10.2. The number of rotatable bonds is 3. The lowest BCUT2D eigenvalue weighted by Crippen LogP contribution is -2.51. The zero-order valence-electron chi connectivity index (χ0n) is 8.64. The number of morpholine rings is 1. The minimum absolute atomic E-state index is 0.442. The van der Waals surface area contributed by atoms with Crippen molar-refractivity contribution in [1.82, 2.24) is 4.90 Å². The number of hydrogen-bond donors (Lipinski definition) is 2. The standard InChI is InChI=1S/C8H18NO4P/c1-3-8(2,14(10,11)12)9-4-6-13-7-5-9/h3-7H2,1-2H3,(H2,10,11,12). The molecule has 0 aliphatic carbocycles. The van der Waals surface area contributed by atoms with E-state index in [-0.39, 0.29) is 0 Å². The molecule has 1 fully saturated rings. The molecule has 5 nitrogen and oxygen atoms in total. The summed E-state index contributed by atoms with van der Waals surface area (Å²) < 4.78 is 16.6. The van der Waals surface area contributed by atoms with Gasteiger partial charge in [-0.25, -0.2) is 0 Å². The lowest BCUT2D eigenvalue weighted by molar-refractivity contribution is 0.00129. The van der Waals surface area contributed by atoms with E-state index < -0.39 is 12.9 Å². The Balaban J connectivity index is 2.82. The summed E-state index contributed by atoms with van der Waals surface area (Å²) in [6.07, 6.45) is 0.442. The molecule has 1 aliphatic heterocycles. The third-order valence-electron chi connectivity index (χ3n) is 2.99. The van der Waals surface area contributed by atoms with Gasteiger partial charge >= 0.3 is 7.60 Å². The molecule has 0 saturated carbocycles. The first-order valence-electron chi connectivity index (χ1n) is 4.80. The van der Waals surface area contributed by atoms with Crippen LogP contribution in [0.5, 0.6) is 0 Å². The molecular weight excluding hydrogens is 205 g/mol. The normalized spacial score (nSPS) is 24.6. The molecule has 0 aromatic heterocycles. The molecule has 0 amide bonds. The molecule has 0 aromatic carbocycles. The van der Waals surface area contributed by atoms with Gasteiger partial charge in [-0.1, -0.05) is 6.92 Å². The molecule has 1 rings (SSSR count). The van der Waals surface area contributed by atoms with Crippen molar-refractivity contribution in [2.24, 2.45) is 0 Å². The maximum Gasteiger partial charge on any atom is 0.345 e. The fourth-order valence-corrected chi connectivity index (χ4v) is 2.64. The first-order valence-corrected chi connectivity index (χ1v) is 6.41. The predicted octanol–water partition coefficient (Wildman–Crippen LogP) is 0.622. The van der Waals surface area contributed by atoms with Crippen LogP contribution in [-0.2, 0) is 9.30 Å². The molecule has 2 N–H and O–H groups in total. The van der Waals surface area contributed by atoms with Crippen LogP contribution in [0.4, 0.5) is 0 Å². The predicted molar refractivity (Wildman–Crippen MR) is 53.1 cm³/mol. The molecule has 6 heteroatoms. The van der Waals surface area contributed by atoms with Crippen molar-refractivity contribution >= 4 is 7.60 Å². The first kappa shape index (κ1) is 12.1. The highest BCUT2D eigenvalue weighted by atomic mass is 31.2. The van der Waals surface area contributed by atoms with Gasteiger partial charge in [-0.15, -0.1) is 0 Å². The van der Waals surface area contributed by atoms with Gasteiger partial charge in [-0.3, -0.25) is 9.46 Å². The van der Waals surface area contributed by atoms with Gasteiger partial charge in [0.15, 0.2) is 0 Å². The van der Waals surface area contributed by atoms with Crippen LogP contribution in [0, 0.1) is 0 Å². The van der Waals surface area contributed by atoms with Crippen LogP contribution in [-0.4, -0.2) is 46.3 Å². The monoisotopic (exact) mass is 223 g/mol. The van der Waals surface area contributed by atoms with Crippen LogP contribution < -0.4 is 0 Å². The largest absolute Gasteiger partial charge is 0.379 e. The summed E-state index contributed by atoms with van der Waals surface area (Å²) in [4.78, 5) is 20.5. The first-order chi connectivity index (χ1) is 6.42. The van der Waals surface area contributed by atoms with Gasteiger partial charge in [0.05, 0.1) is 13.2 Å². The van der Waals surface area contributed by atoms with E-state index in [9.17, 15) is 14.4 Å². The van der Waals surface area contributed by atoms with Crippen LogP contribution in [0.15, 0.2) is 0 Å². The Kier molecular flexibility index (Phi) is 3.72. The fraction of sp³-hybridized carbons (Fsp3) is 1.00. The van der Waals surface area contributed by atoms with E-state index in [4.69, 9.17) is 4.74 Å². The highest BCUT2D eigenvalue weighted by Crippen LogP contribution is 2.54. The molecule has 1 saturated heterocycles. The number of nitrogens with zero attached hydrogens (tertiary/aromatic N) is 1. The van der Waals surface area contributed by atoms with E-state index in [2.05, 4.69) is 0 Å². The Morgan fingerprint density at radius 3 is 2.29 bits per heavy atom. The zero-order valence-corrected chi connectivity index (χ0v) is 9.54. The minimum Gasteiger partial charge on any atom is -0.379 e. The molecule has 0 aromatic rings. The van der Waals surface area contributed by atoms with Gasteiger partial charge in [0.2, 0.25) is 0 Å². The van der Waals surface area contributed by atoms with Gasteiger partial charge in [0, 0.05) is 13.1 Å². The number of ether oxygens (including phenoxy) is 1. The Morgan fingerprint density at radius 2 is 1.93 bits per heavy atom. The summed E-state index contributed by atoms with van der Waals surface area (Å²) in [7, 11) is -4.09. The fourth-order valence-electron chi connectivity index (χ4n) is 1.66. The smallest absolute Gasteiger partial charge is 0.345 e. The lowest BCUT2D eigenvalue weighted by Gasteiger charge is -2.42. The molecular formula is C8H18NO4P. The topological polar surface area (TPSA) is 70.0 Å². The summed E-state index contributed by atoms with van der Waals surface area (Å²) in [6.45, 7) is 5.71. The van der Waals surface area contributed by atoms with Gasteiger partial charge < -0.3 is 14.5 Å². The SMILES string of the molecule is CCC(C)(N1CCOCC1)P(=O)(O)O. The Labute approximate surface area is 84.2 Å². The average Bonchev–Trinajstić information content (AvgIpc) is 2.16. The molecule has 84 valence electrons. The quantitative estimate of drug-likeness (QED) is 0.686. The highest BCUT2D eigenvalue weighted by Gasteiger charge is 2.46. The van der Waals surface area contributed by atoms with Gasteiger partial charge in [0.25, 0.3) is 0 Å². The number of hydrogen-bond acceptors (Lipinski definition) is 3. The van der Waals surface area contributed by atoms with E-state index in [1.165, 1.54) is 0 Å². The van der Waals surface area contributed by atoms with Crippen molar-refractivity contribution < 1.29 is 19.1 Å². The second-order valence-corrected chi connectivity index (χ2v) is 5.77. The molecule has 1 aliphatic rings.